The first kappa shape index (κ1) is 9.42. The van der Waals surface area contributed by atoms with Crippen LogP contribution in [0.2, 0.25) is 0 Å². The minimum atomic E-state index is 0.712. The first-order valence-corrected chi connectivity index (χ1v) is 4.81. The van der Waals surface area contributed by atoms with Gasteiger partial charge in [0.2, 0.25) is 0 Å². The molecule has 1 aromatic carbocycles. The molecule has 0 aliphatic carbocycles. The van der Waals surface area contributed by atoms with Crippen LogP contribution in [-0.2, 0) is 6.54 Å². The van der Waals surface area contributed by atoms with Gasteiger partial charge < -0.3 is 0 Å². The average molecular weight is 195 g/mol. The fourth-order valence-corrected chi connectivity index (χ4v) is 1.49. The van der Waals surface area contributed by atoms with Crippen molar-refractivity contribution in [2.24, 2.45) is 0 Å². The van der Waals surface area contributed by atoms with Crippen LogP contribution in [0.25, 0.3) is 0 Å². The van der Waals surface area contributed by atoms with Gasteiger partial charge in [0.05, 0.1) is 11.6 Å². The van der Waals surface area contributed by atoms with Crippen LogP contribution >= 0.6 is 0 Å². The lowest BCUT2D eigenvalue weighted by Gasteiger charge is -1.97. The van der Waals surface area contributed by atoms with E-state index in [1.54, 1.807) is 0 Å². The summed E-state index contributed by atoms with van der Waals surface area (Å²) in [4.78, 5) is 0. The third-order valence-corrected chi connectivity index (χ3v) is 2.20. The summed E-state index contributed by atoms with van der Waals surface area (Å²) in [5.74, 6) is 0. The quantitative estimate of drug-likeness (QED) is 0.672. The van der Waals surface area contributed by atoms with Gasteiger partial charge >= 0.3 is 0 Å². The van der Waals surface area contributed by atoms with Gasteiger partial charge in [0.25, 0.3) is 0 Å². The molecule has 0 spiro atoms. The Morgan fingerprint density at radius 1 is 1.07 bits per heavy atom. The van der Waals surface area contributed by atoms with Gasteiger partial charge in [-0.2, -0.15) is 5.26 Å². The third kappa shape index (κ3) is 2.41. The highest BCUT2D eigenvalue weighted by molar-refractivity contribution is 5.32. The van der Waals surface area contributed by atoms with Crippen LogP contribution in [0.5, 0.6) is 0 Å². The van der Waals surface area contributed by atoms with Crippen LogP contribution in [-0.4, -0.2) is 0 Å². The van der Waals surface area contributed by atoms with Crippen LogP contribution in [0.3, 0.4) is 0 Å². The van der Waals surface area contributed by atoms with Gasteiger partial charge in [-0.05, 0) is 12.1 Å². The molecule has 15 heavy (non-hydrogen) atoms. The van der Waals surface area contributed by atoms with E-state index in [9.17, 15) is 0 Å². The van der Waals surface area contributed by atoms with Gasteiger partial charge in [-0.1, -0.05) is 18.2 Å². The Morgan fingerprint density at radius 2 is 1.87 bits per heavy atom. The first-order chi connectivity index (χ1) is 7.38. The van der Waals surface area contributed by atoms with E-state index in [1.165, 1.54) is 0 Å². The number of aromatic nitrogens is 1. The molecule has 0 aliphatic rings. The number of pyridine rings is 1. The monoisotopic (exact) mass is 195 g/mol. The maximum absolute atomic E-state index is 8.77. The molecule has 0 saturated carbocycles. The second-order valence-electron chi connectivity index (χ2n) is 3.36. The maximum Gasteiger partial charge on any atom is 0.173 e. The molecule has 0 unspecified atom stereocenters. The minimum Gasteiger partial charge on any atom is -0.201 e. The number of hydrogen-bond donors (Lipinski definition) is 0. The van der Waals surface area contributed by atoms with Crippen LogP contribution < -0.4 is 4.57 Å². The Labute approximate surface area is 89.0 Å². The summed E-state index contributed by atoms with van der Waals surface area (Å²) in [5, 5.41) is 8.77. The molecule has 2 aromatic rings. The SMILES string of the molecule is N#Cc1cccc(C[n+]2ccccc2)c1. The standard InChI is InChI=1S/C13H11N2/c14-10-12-5-4-6-13(9-12)11-15-7-2-1-3-8-15/h1-9H,11H2/q+1. The predicted octanol–water partition coefficient (Wildman–Crippen LogP) is 1.89. The van der Waals surface area contributed by atoms with Gasteiger partial charge in [0.1, 0.15) is 0 Å². The van der Waals surface area contributed by atoms with E-state index in [0.29, 0.717) is 5.56 Å². The first-order valence-electron chi connectivity index (χ1n) is 4.81. The molecule has 2 rings (SSSR count). The van der Waals surface area contributed by atoms with E-state index < -0.39 is 0 Å². The Balaban J connectivity index is 2.22. The molecule has 0 N–H and O–H groups in total. The second-order valence-corrected chi connectivity index (χ2v) is 3.36. The van der Waals surface area contributed by atoms with Crippen LogP contribution in [0.15, 0.2) is 54.9 Å². The van der Waals surface area contributed by atoms with Gasteiger partial charge in [-0.25, -0.2) is 4.57 Å². The molecule has 0 amide bonds. The lowest BCUT2D eigenvalue weighted by atomic mass is 10.1. The van der Waals surface area contributed by atoms with Crippen molar-refractivity contribution < 1.29 is 4.57 Å². The van der Waals surface area contributed by atoms with E-state index >= 15 is 0 Å². The van der Waals surface area contributed by atoms with Crippen molar-refractivity contribution in [3.63, 3.8) is 0 Å². The topological polar surface area (TPSA) is 27.7 Å². The largest absolute Gasteiger partial charge is 0.201 e. The van der Waals surface area contributed by atoms with Crippen LogP contribution in [0.1, 0.15) is 11.1 Å². The summed E-state index contributed by atoms with van der Waals surface area (Å²) >= 11 is 0. The number of benzene rings is 1. The fraction of sp³-hybridized carbons (Fsp3) is 0.0769. The zero-order chi connectivity index (χ0) is 10.5. The van der Waals surface area contributed by atoms with E-state index in [2.05, 4.69) is 10.6 Å². The highest BCUT2D eigenvalue weighted by Gasteiger charge is 2.01. The normalized spacial score (nSPS) is 9.53. The molecule has 0 radical (unpaired) electrons. The lowest BCUT2D eigenvalue weighted by Crippen LogP contribution is -2.32. The van der Waals surface area contributed by atoms with Gasteiger partial charge in [0, 0.05) is 17.7 Å². The van der Waals surface area contributed by atoms with Crippen molar-refractivity contribution in [3.05, 3.63) is 66.0 Å². The lowest BCUT2D eigenvalue weighted by molar-refractivity contribution is -0.688. The maximum atomic E-state index is 8.77. The molecule has 0 aliphatic heterocycles. The number of rotatable bonds is 2. The second kappa shape index (κ2) is 4.39. The molecule has 1 aromatic heterocycles. The third-order valence-electron chi connectivity index (χ3n) is 2.20. The average Bonchev–Trinajstić information content (AvgIpc) is 2.31. The summed E-state index contributed by atoms with van der Waals surface area (Å²) in [7, 11) is 0. The summed E-state index contributed by atoms with van der Waals surface area (Å²) in [6.07, 6.45) is 4.03. The van der Waals surface area contributed by atoms with E-state index in [0.717, 1.165) is 12.1 Å². The Morgan fingerprint density at radius 3 is 2.60 bits per heavy atom. The van der Waals surface area contributed by atoms with Crippen LogP contribution in [0, 0.1) is 11.3 Å². The molecule has 2 heteroatoms. The molecule has 1 heterocycles. The molecular weight excluding hydrogens is 184 g/mol. The fourth-order valence-electron chi connectivity index (χ4n) is 1.49. The minimum absolute atomic E-state index is 0.712. The van der Waals surface area contributed by atoms with Crippen molar-refractivity contribution in [2.45, 2.75) is 6.54 Å². The van der Waals surface area contributed by atoms with E-state index in [-0.39, 0.29) is 0 Å². The number of hydrogen-bond acceptors (Lipinski definition) is 1. The van der Waals surface area contributed by atoms with Crippen molar-refractivity contribution >= 4 is 0 Å². The summed E-state index contributed by atoms with van der Waals surface area (Å²) in [6.45, 7) is 0.802. The molecule has 0 saturated heterocycles. The molecule has 72 valence electrons. The molecule has 2 nitrogen and oxygen atoms in total. The van der Waals surface area contributed by atoms with Crippen molar-refractivity contribution in [3.8, 4) is 6.07 Å². The summed E-state index contributed by atoms with van der Waals surface area (Å²) in [6, 6.07) is 15.8. The Hall–Kier alpha value is -2.14. The van der Waals surface area contributed by atoms with E-state index in [4.69, 9.17) is 5.26 Å². The van der Waals surface area contributed by atoms with Gasteiger partial charge in [-0.3, -0.25) is 0 Å². The zero-order valence-electron chi connectivity index (χ0n) is 8.30. The van der Waals surface area contributed by atoms with Crippen molar-refractivity contribution in [2.75, 3.05) is 0 Å². The smallest absolute Gasteiger partial charge is 0.173 e. The number of nitriles is 1. The van der Waals surface area contributed by atoms with Gasteiger partial charge in [0.15, 0.2) is 18.9 Å². The molecule has 0 atom stereocenters. The van der Waals surface area contributed by atoms with E-state index in [1.807, 2.05) is 54.9 Å². The number of nitrogens with zero attached hydrogens (tertiary/aromatic N) is 2. The predicted molar refractivity (Wildman–Crippen MR) is 56.9 cm³/mol. The molecular formula is C13H11N2+. The van der Waals surface area contributed by atoms with Crippen LogP contribution in [0.4, 0.5) is 0 Å². The Bertz CT molecular complexity index is 483. The van der Waals surface area contributed by atoms with Gasteiger partial charge in [-0.15, -0.1) is 0 Å². The highest BCUT2D eigenvalue weighted by Crippen LogP contribution is 2.03. The highest BCUT2D eigenvalue weighted by atomic mass is 14.9. The summed E-state index contributed by atoms with van der Waals surface area (Å²) < 4.78 is 2.08. The van der Waals surface area contributed by atoms with Crippen molar-refractivity contribution in [1.82, 2.24) is 0 Å². The summed E-state index contributed by atoms with van der Waals surface area (Å²) in [5.41, 5.74) is 1.86. The Kier molecular flexibility index (Phi) is 2.75. The van der Waals surface area contributed by atoms with Crippen molar-refractivity contribution in [1.29, 1.82) is 5.26 Å². The molecule has 0 bridgehead atoms. The molecule has 0 fully saturated rings. The zero-order valence-corrected chi connectivity index (χ0v) is 8.30.